The highest BCUT2D eigenvalue weighted by Crippen LogP contribution is 2.44. The molecule has 2 aromatic carbocycles. The predicted octanol–water partition coefficient (Wildman–Crippen LogP) is 7.49. The first kappa shape index (κ1) is 26.1. The van der Waals surface area contributed by atoms with Gasteiger partial charge in [0.15, 0.2) is 5.11 Å². The van der Waals surface area contributed by atoms with Crippen LogP contribution in [0.5, 0.6) is 0 Å². The second-order valence-corrected chi connectivity index (χ2v) is 11.1. The number of hydrogen-bond acceptors (Lipinski definition) is 4. The van der Waals surface area contributed by atoms with E-state index in [-0.39, 0.29) is 23.9 Å². The van der Waals surface area contributed by atoms with E-state index in [0.717, 1.165) is 44.2 Å². The third-order valence-electron chi connectivity index (χ3n) is 6.68. The average Bonchev–Trinajstić information content (AvgIpc) is 3.50. The molecule has 8 heteroatoms. The zero-order chi connectivity index (χ0) is 27.0. The van der Waals surface area contributed by atoms with Gasteiger partial charge in [0.05, 0.1) is 11.7 Å². The van der Waals surface area contributed by atoms with Crippen molar-refractivity contribution in [2.45, 2.75) is 39.8 Å². The Bertz CT molecular complexity index is 1500. The van der Waals surface area contributed by atoms with Crippen LogP contribution in [0.25, 0.3) is 11.3 Å². The van der Waals surface area contributed by atoms with Gasteiger partial charge in [0.2, 0.25) is 5.91 Å². The summed E-state index contributed by atoms with van der Waals surface area (Å²) in [5.74, 6) is 1.42. The fraction of sp³-hybridized carbons (Fsp3) is 0.233. The topological polar surface area (TPSA) is 70.4 Å². The Kier molecular flexibility index (Phi) is 7.36. The van der Waals surface area contributed by atoms with Gasteiger partial charge in [-0.1, -0.05) is 41.9 Å². The van der Waals surface area contributed by atoms with E-state index >= 15 is 0 Å². The van der Waals surface area contributed by atoms with Crippen molar-refractivity contribution in [3.05, 3.63) is 100.0 Å². The predicted molar refractivity (Wildman–Crippen MR) is 159 cm³/mol. The fourth-order valence-electron chi connectivity index (χ4n) is 4.61. The van der Waals surface area contributed by atoms with E-state index in [9.17, 15) is 4.79 Å². The van der Waals surface area contributed by atoms with Crippen molar-refractivity contribution in [3.63, 3.8) is 0 Å². The molecule has 0 saturated carbocycles. The van der Waals surface area contributed by atoms with E-state index in [2.05, 4.69) is 61.6 Å². The minimum Gasteiger partial charge on any atom is -0.459 e. The zero-order valence-corrected chi connectivity index (χ0v) is 24.1. The fourth-order valence-corrected chi connectivity index (χ4v) is 5.65. The lowest BCUT2D eigenvalue weighted by atomic mass is 10.0. The van der Waals surface area contributed by atoms with Crippen molar-refractivity contribution >= 4 is 50.5 Å². The number of carbonyl (C=O) groups excluding carboxylic acids is 1. The quantitative estimate of drug-likeness (QED) is 0.227. The van der Waals surface area contributed by atoms with Crippen molar-refractivity contribution in [3.8, 4) is 11.3 Å². The molecule has 38 heavy (non-hydrogen) atoms. The molecular weight excluding hydrogens is 560 g/mol. The number of aryl methyl sites for hydroxylation is 2. The molecule has 2 aromatic heterocycles. The number of rotatable bonds is 6. The molecule has 1 fully saturated rings. The van der Waals surface area contributed by atoms with E-state index in [1.54, 1.807) is 6.20 Å². The van der Waals surface area contributed by atoms with Crippen LogP contribution in [0.1, 0.15) is 48.5 Å². The van der Waals surface area contributed by atoms with Crippen LogP contribution in [0.3, 0.4) is 0 Å². The van der Waals surface area contributed by atoms with Crippen LogP contribution in [-0.4, -0.2) is 16.0 Å². The van der Waals surface area contributed by atoms with Crippen molar-refractivity contribution < 1.29 is 9.21 Å². The van der Waals surface area contributed by atoms with E-state index < -0.39 is 0 Å². The van der Waals surface area contributed by atoms with Gasteiger partial charge < -0.3 is 20.0 Å². The van der Waals surface area contributed by atoms with Gasteiger partial charge >= 0.3 is 0 Å². The summed E-state index contributed by atoms with van der Waals surface area (Å²) in [7, 11) is 0. The summed E-state index contributed by atoms with van der Waals surface area (Å²) in [6.45, 7) is 7.80. The highest BCUT2D eigenvalue weighted by molar-refractivity contribution is 9.10. The maximum Gasteiger partial charge on any atom is 0.226 e. The normalized spacial score (nSPS) is 17.1. The summed E-state index contributed by atoms with van der Waals surface area (Å²) in [6.07, 6.45) is 1.78. The molecule has 3 heterocycles. The third kappa shape index (κ3) is 5.11. The number of pyridine rings is 1. The first-order chi connectivity index (χ1) is 18.2. The van der Waals surface area contributed by atoms with Crippen LogP contribution in [0.4, 0.5) is 11.4 Å². The average molecular weight is 590 g/mol. The standard InChI is InChI=1S/C30H29BrN4O2S/c1-17(2)29(36)33-23-11-9-20(16-19(23)4)35-28(27(34-30(35)38)24-7-5-6-14-32-24)26-13-12-25(37-26)21-10-8-18(3)15-22(21)31/h5-17,27-28H,1-4H3,(H,33,36)(H,34,38)/t27-,28-/m0/s1. The van der Waals surface area contributed by atoms with Crippen LogP contribution in [-0.2, 0) is 4.79 Å². The Hall–Kier alpha value is -3.49. The molecule has 1 saturated heterocycles. The van der Waals surface area contributed by atoms with Gasteiger partial charge in [-0.25, -0.2) is 0 Å². The molecular formula is C30H29BrN4O2S. The van der Waals surface area contributed by atoms with Gasteiger partial charge in [-0.2, -0.15) is 0 Å². The first-order valence-electron chi connectivity index (χ1n) is 12.5. The molecule has 2 atom stereocenters. The van der Waals surface area contributed by atoms with Crippen LogP contribution in [0.15, 0.2) is 81.8 Å². The minimum atomic E-state index is -0.272. The van der Waals surface area contributed by atoms with Gasteiger partial charge in [0.1, 0.15) is 17.6 Å². The van der Waals surface area contributed by atoms with Crippen molar-refractivity contribution in [2.24, 2.45) is 5.92 Å². The lowest BCUT2D eigenvalue weighted by molar-refractivity contribution is -0.118. The number of nitrogens with one attached hydrogen (secondary N) is 2. The highest BCUT2D eigenvalue weighted by atomic mass is 79.9. The molecule has 194 valence electrons. The number of furan rings is 1. The summed E-state index contributed by atoms with van der Waals surface area (Å²) in [5, 5.41) is 7.06. The summed E-state index contributed by atoms with van der Waals surface area (Å²) in [6, 6.07) is 21.5. The van der Waals surface area contributed by atoms with Crippen LogP contribution >= 0.6 is 28.1 Å². The molecule has 5 rings (SSSR count). The first-order valence-corrected chi connectivity index (χ1v) is 13.7. The molecule has 0 bridgehead atoms. The molecule has 1 aliphatic heterocycles. The number of hydrogen-bond donors (Lipinski definition) is 2. The van der Waals surface area contributed by atoms with Gasteiger partial charge in [0, 0.05) is 33.5 Å². The highest BCUT2D eigenvalue weighted by Gasteiger charge is 2.42. The molecule has 0 aliphatic carbocycles. The monoisotopic (exact) mass is 588 g/mol. The summed E-state index contributed by atoms with van der Waals surface area (Å²) in [5.41, 5.74) is 5.66. The van der Waals surface area contributed by atoms with Gasteiger partial charge in [-0.05, 0) is 91.8 Å². The third-order valence-corrected chi connectivity index (χ3v) is 7.65. The SMILES string of the molecule is Cc1ccc(-c2ccc([C@H]3[C@H](c4ccccn4)NC(=S)N3c3ccc(NC(=O)C(C)C)c(C)c3)o2)c(Br)c1. The molecule has 0 radical (unpaired) electrons. The largest absolute Gasteiger partial charge is 0.459 e. The maximum absolute atomic E-state index is 12.3. The molecule has 6 nitrogen and oxygen atoms in total. The van der Waals surface area contributed by atoms with Gasteiger partial charge in [-0.15, -0.1) is 0 Å². The molecule has 2 N–H and O–H groups in total. The molecule has 0 unspecified atom stereocenters. The number of carbonyl (C=O) groups is 1. The minimum absolute atomic E-state index is 0.0160. The number of halogens is 1. The second-order valence-electron chi connectivity index (χ2n) is 9.83. The van der Waals surface area contributed by atoms with Crippen LogP contribution in [0, 0.1) is 19.8 Å². The number of amides is 1. The lowest BCUT2D eigenvalue weighted by Crippen LogP contribution is -2.29. The second kappa shape index (κ2) is 10.7. The number of benzene rings is 2. The Morgan fingerprint density at radius 1 is 1.11 bits per heavy atom. The van der Waals surface area contributed by atoms with E-state index in [1.807, 2.05) is 69.3 Å². The van der Waals surface area contributed by atoms with Gasteiger partial charge in [-0.3, -0.25) is 9.78 Å². The summed E-state index contributed by atoms with van der Waals surface area (Å²) < 4.78 is 7.48. The molecule has 1 amide bonds. The van der Waals surface area contributed by atoms with Crippen molar-refractivity contribution in [1.82, 2.24) is 10.3 Å². The smallest absolute Gasteiger partial charge is 0.226 e. The zero-order valence-electron chi connectivity index (χ0n) is 21.7. The van der Waals surface area contributed by atoms with Crippen molar-refractivity contribution in [2.75, 3.05) is 10.2 Å². The van der Waals surface area contributed by atoms with Crippen LogP contribution in [0.2, 0.25) is 0 Å². The van der Waals surface area contributed by atoms with Gasteiger partial charge in [0.25, 0.3) is 0 Å². The van der Waals surface area contributed by atoms with Crippen LogP contribution < -0.4 is 15.5 Å². The molecule has 1 aliphatic rings. The number of thiocarbonyl (C=S) groups is 1. The molecule has 4 aromatic rings. The molecule has 0 spiro atoms. The maximum atomic E-state index is 12.3. The van der Waals surface area contributed by atoms with E-state index in [0.29, 0.717) is 5.11 Å². The Morgan fingerprint density at radius 3 is 2.61 bits per heavy atom. The van der Waals surface area contributed by atoms with Crippen molar-refractivity contribution in [1.29, 1.82) is 0 Å². The van der Waals surface area contributed by atoms with E-state index in [1.165, 1.54) is 5.56 Å². The summed E-state index contributed by atoms with van der Waals surface area (Å²) in [4.78, 5) is 19.0. The Morgan fingerprint density at radius 2 is 1.92 bits per heavy atom. The Balaban J connectivity index is 1.56. The number of anilines is 2. The Labute approximate surface area is 236 Å². The lowest BCUT2D eigenvalue weighted by Gasteiger charge is -2.27. The number of aromatic nitrogens is 1. The van der Waals surface area contributed by atoms with E-state index in [4.69, 9.17) is 16.6 Å². The summed E-state index contributed by atoms with van der Waals surface area (Å²) >= 11 is 9.54. The number of nitrogens with zero attached hydrogens (tertiary/aromatic N) is 2.